The molecule has 1 amide bonds. The van der Waals surface area contributed by atoms with Gasteiger partial charge in [0.25, 0.3) is 11.2 Å². The van der Waals surface area contributed by atoms with Gasteiger partial charge in [0.1, 0.15) is 11.4 Å². The van der Waals surface area contributed by atoms with E-state index >= 15 is 0 Å². The third kappa shape index (κ3) is 6.08. The van der Waals surface area contributed by atoms with Crippen molar-refractivity contribution in [3.63, 3.8) is 0 Å². The van der Waals surface area contributed by atoms with E-state index < -0.39 is 43.2 Å². The summed E-state index contributed by atoms with van der Waals surface area (Å²) >= 11 is 0. The van der Waals surface area contributed by atoms with Gasteiger partial charge in [-0.15, -0.1) is 0 Å². The standard InChI is InChI=1S/C24H27N5O8S/c1-37-16-10-11-17-19(12-16)27-23(30)20(26-17)13-18(14-6-8-15(9-7-14)25-24(31)32)28-38(35,36)22-5-3-2-4-21(22)29(33)34/h2-5,10-12,14-15,18,25,28H,6-9,13H2,1H3,(H,27,30)(H,31,32). The molecule has 0 aliphatic heterocycles. The van der Waals surface area contributed by atoms with Crippen molar-refractivity contribution in [1.82, 2.24) is 20.0 Å². The van der Waals surface area contributed by atoms with Gasteiger partial charge >= 0.3 is 6.09 Å². The molecular weight excluding hydrogens is 518 g/mol. The second-order valence-corrected chi connectivity index (χ2v) is 10.8. The molecule has 4 N–H and O–H groups in total. The molecule has 1 heterocycles. The highest BCUT2D eigenvalue weighted by molar-refractivity contribution is 7.89. The molecule has 2 aromatic carbocycles. The van der Waals surface area contributed by atoms with Crippen LogP contribution in [0.2, 0.25) is 0 Å². The number of carbonyl (C=O) groups is 1. The van der Waals surface area contributed by atoms with E-state index in [1.54, 1.807) is 18.2 Å². The van der Waals surface area contributed by atoms with Crippen molar-refractivity contribution < 1.29 is 28.0 Å². The Morgan fingerprint density at radius 3 is 2.61 bits per heavy atom. The summed E-state index contributed by atoms with van der Waals surface area (Å²) in [6.45, 7) is 0. The fourth-order valence-electron chi connectivity index (χ4n) is 4.82. The van der Waals surface area contributed by atoms with E-state index in [1.807, 2.05) is 0 Å². The molecule has 1 saturated carbocycles. The maximum Gasteiger partial charge on any atom is 0.404 e. The Labute approximate surface area is 217 Å². The summed E-state index contributed by atoms with van der Waals surface area (Å²) in [6.07, 6.45) is 0.684. The first-order valence-electron chi connectivity index (χ1n) is 11.9. The molecule has 13 nitrogen and oxygen atoms in total. The van der Waals surface area contributed by atoms with Crippen LogP contribution < -0.4 is 20.3 Å². The van der Waals surface area contributed by atoms with Crippen molar-refractivity contribution in [2.75, 3.05) is 7.11 Å². The SMILES string of the molecule is COc1ccc2nc(CC(NS(=O)(=O)c3ccccc3[N+](=O)[O-])C3CCC(NC(=O)O)CC3)c(=O)[nH]c2c1. The Bertz CT molecular complexity index is 1520. The largest absolute Gasteiger partial charge is 0.497 e. The molecule has 1 unspecified atom stereocenters. The number of fused-ring (bicyclic) bond motifs is 1. The monoisotopic (exact) mass is 545 g/mol. The van der Waals surface area contributed by atoms with Gasteiger partial charge in [0.05, 0.1) is 23.1 Å². The van der Waals surface area contributed by atoms with Crippen LogP contribution >= 0.6 is 0 Å². The summed E-state index contributed by atoms with van der Waals surface area (Å²) in [5, 5.41) is 23.0. The van der Waals surface area contributed by atoms with Crippen LogP contribution in [0.25, 0.3) is 11.0 Å². The molecule has 0 saturated heterocycles. The lowest BCUT2D eigenvalue weighted by Crippen LogP contribution is -2.46. The van der Waals surface area contributed by atoms with Crippen molar-refractivity contribution in [3.8, 4) is 5.75 Å². The number of benzene rings is 2. The van der Waals surface area contributed by atoms with Crippen molar-refractivity contribution in [3.05, 3.63) is 68.6 Å². The van der Waals surface area contributed by atoms with E-state index in [1.165, 1.54) is 19.2 Å². The molecule has 1 aliphatic rings. The molecule has 4 rings (SSSR count). The Morgan fingerprint density at radius 1 is 1.24 bits per heavy atom. The number of methoxy groups -OCH3 is 1. The van der Waals surface area contributed by atoms with Crippen LogP contribution in [0.4, 0.5) is 10.5 Å². The molecule has 0 radical (unpaired) electrons. The number of nitrogens with one attached hydrogen (secondary N) is 3. The summed E-state index contributed by atoms with van der Waals surface area (Å²) in [5.41, 5.74) is -0.0280. The Morgan fingerprint density at radius 2 is 1.95 bits per heavy atom. The number of para-hydroxylation sites is 1. The summed E-state index contributed by atoms with van der Waals surface area (Å²) in [5.74, 6) is 0.261. The van der Waals surface area contributed by atoms with Gasteiger partial charge in [0, 0.05) is 30.6 Å². The molecule has 38 heavy (non-hydrogen) atoms. The van der Waals surface area contributed by atoms with E-state index in [4.69, 9.17) is 9.84 Å². The van der Waals surface area contributed by atoms with Gasteiger partial charge < -0.3 is 20.1 Å². The first-order chi connectivity index (χ1) is 18.1. The molecule has 1 atom stereocenters. The number of hydrogen-bond acceptors (Lipinski definition) is 8. The van der Waals surface area contributed by atoms with Crippen LogP contribution in [-0.4, -0.2) is 53.7 Å². The first-order valence-corrected chi connectivity index (χ1v) is 13.4. The minimum atomic E-state index is -4.36. The van der Waals surface area contributed by atoms with Gasteiger partial charge in [0.15, 0.2) is 4.90 Å². The number of amides is 1. The van der Waals surface area contributed by atoms with E-state index in [2.05, 4.69) is 20.0 Å². The summed E-state index contributed by atoms with van der Waals surface area (Å²) in [7, 11) is -2.86. The first kappa shape index (κ1) is 27.0. The Balaban J connectivity index is 1.67. The molecule has 14 heteroatoms. The maximum absolute atomic E-state index is 13.4. The second-order valence-electron chi connectivity index (χ2n) is 9.11. The Kier molecular flexibility index (Phi) is 7.92. The number of hydrogen-bond donors (Lipinski definition) is 4. The van der Waals surface area contributed by atoms with Crippen molar-refractivity contribution in [1.29, 1.82) is 0 Å². The predicted octanol–water partition coefficient (Wildman–Crippen LogP) is 2.56. The van der Waals surface area contributed by atoms with E-state index in [0.717, 1.165) is 12.1 Å². The number of rotatable bonds is 9. The zero-order chi connectivity index (χ0) is 27.4. The molecule has 3 aromatic rings. The fourth-order valence-corrected chi connectivity index (χ4v) is 6.30. The zero-order valence-electron chi connectivity index (χ0n) is 20.4. The second kappa shape index (κ2) is 11.1. The number of ether oxygens (including phenoxy) is 1. The summed E-state index contributed by atoms with van der Waals surface area (Å²) in [4.78, 5) is 41.4. The van der Waals surface area contributed by atoms with Gasteiger partial charge in [-0.1, -0.05) is 12.1 Å². The Hall–Kier alpha value is -4.04. The van der Waals surface area contributed by atoms with Crippen LogP contribution in [0.3, 0.4) is 0 Å². The third-order valence-corrected chi connectivity index (χ3v) is 8.25. The smallest absolute Gasteiger partial charge is 0.404 e. The number of nitrogens with zero attached hydrogens (tertiary/aromatic N) is 2. The topological polar surface area (TPSA) is 194 Å². The lowest BCUT2D eigenvalue weighted by molar-refractivity contribution is -0.387. The number of nitro benzene ring substituents is 1. The highest BCUT2D eigenvalue weighted by Crippen LogP contribution is 2.30. The molecular formula is C24H27N5O8S. The lowest BCUT2D eigenvalue weighted by atomic mass is 9.80. The minimum absolute atomic E-state index is 0.0706. The van der Waals surface area contributed by atoms with Gasteiger partial charge in [-0.2, -0.15) is 0 Å². The van der Waals surface area contributed by atoms with E-state index in [-0.39, 0.29) is 24.1 Å². The minimum Gasteiger partial charge on any atom is -0.497 e. The molecule has 202 valence electrons. The molecule has 1 aliphatic carbocycles. The average Bonchev–Trinajstić information content (AvgIpc) is 2.88. The number of H-pyrrole nitrogens is 1. The highest BCUT2D eigenvalue weighted by Gasteiger charge is 2.34. The average molecular weight is 546 g/mol. The normalized spacial score (nSPS) is 18.6. The third-order valence-electron chi connectivity index (χ3n) is 6.71. The van der Waals surface area contributed by atoms with Crippen LogP contribution in [0.1, 0.15) is 31.4 Å². The molecule has 1 aromatic heterocycles. The maximum atomic E-state index is 13.4. The van der Waals surface area contributed by atoms with E-state index in [9.17, 15) is 28.1 Å². The van der Waals surface area contributed by atoms with Gasteiger partial charge in [-0.3, -0.25) is 14.9 Å². The van der Waals surface area contributed by atoms with Gasteiger partial charge in [0.2, 0.25) is 10.0 Å². The fraction of sp³-hybridized carbons (Fsp3) is 0.375. The molecule has 0 bridgehead atoms. The molecule has 1 fully saturated rings. The zero-order valence-corrected chi connectivity index (χ0v) is 21.2. The van der Waals surface area contributed by atoms with Crippen molar-refractivity contribution in [2.24, 2.45) is 5.92 Å². The number of carboxylic acid groups (broad SMARTS) is 1. The van der Waals surface area contributed by atoms with Gasteiger partial charge in [-0.05, 0) is 49.8 Å². The number of nitro groups is 1. The highest BCUT2D eigenvalue weighted by atomic mass is 32.2. The lowest BCUT2D eigenvalue weighted by Gasteiger charge is -2.34. The van der Waals surface area contributed by atoms with Crippen LogP contribution in [0, 0.1) is 16.0 Å². The number of aromatic amines is 1. The van der Waals surface area contributed by atoms with Crippen molar-refractivity contribution in [2.45, 2.75) is 49.1 Å². The predicted molar refractivity (Wildman–Crippen MR) is 137 cm³/mol. The van der Waals surface area contributed by atoms with Crippen molar-refractivity contribution >= 4 is 32.8 Å². The van der Waals surface area contributed by atoms with Crippen LogP contribution in [0.5, 0.6) is 5.75 Å². The van der Waals surface area contributed by atoms with Crippen LogP contribution in [-0.2, 0) is 16.4 Å². The number of sulfonamides is 1. The van der Waals surface area contributed by atoms with Gasteiger partial charge in [-0.25, -0.2) is 22.9 Å². The summed E-state index contributed by atoms with van der Waals surface area (Å²) < 4.78 is 34.5. The quantitative estimate of drug-likeness (QED) is 0.231. The van der Waals surface area contributed by atoms with E-state index in [0.29, 0.717) is 42.5 Å². The molecule has 0 spiro atoms. The van der Waals surface area contributed by atoms with Crippen LogP contribution in [0.15, 0.2) is 52.2 Å². The summed E-state index contributed by atoms with van der Waals surface area (Å²) in [6, 6.07) is 8.91. The number of aromatic nitrogens is 2.